The van der Waals surface area contributed by atoms with Gasteiger partial charge in [-0.05, 0) is 147 Å². The molecule has 0 bridgehead atoms. The Labute approximate surface area is 224 Å². The molecule has 176 valence electrons. The van der Waals surface area contributed by atoms with Crippen molar-refractivity contribution in [1.82, 2.24) is 9.80 Å². The van der Waals surface area contributed by atoms with E-state index in [2.05, 4.69) is 92.4 Å². The maximum atomic E-state index is 11.6. The van der Waals surface area contributed by atoms with Crippen LogP contribution in [-0.4, -0.2) is 61.2 Å². The Bertz CT molecular complexity index is 970. The molecule has 4 rings (SSSR count). The van der Waals surface area contributed by atoms with E-state index in [1.54, 1.807) is 0 Å². The summed E-state index contributed by atoms with van der Waals surface area (Å²) in [7, 11) is 4.16. The van der Waals surface area contributed by atoms with Gasteiger partial charge < -0.3 is 14.9 Å². The lowest BCUT2D eigenvalue weighted by molar-refractivity contribution is -0.145. The molecule has 2 aliphatic rings. The maximum absolute atomic E-state index is 11.6. The number of carboxylic acids is 1. The van der Waals surface area contributed by atoms with Crippen LogP contribution < -0.4 is 0 Å². The van der Waals surface area contributed by atoms with Crippen LogP contribution in [0, 0.1) is 18.5 Å². The lowest BCUT2D eigenvalue weighted by Gasteiger charge is -2.37. The average molecular weight is 671 g/mol. The van der Waals surface area contributed by atoms with Gasteiger partial charge in [-0.1, -0.05) is 24.3 Å². The first-order chi connectivity index (χ1) is 15.7. The summed E-state index contributed by atoms with van der Waals surface area (Å²) >= 11 is 4.53. The Balaban J connectivity index is 0.000000186. The third kappa shape index (κ3) is 6.27. The fourth-order valence-corrected chi connectivity index (χ4v) is 5.35. The Morgan fingerprint density at radius 1 is 0.818 bits per heavy atom. The topological polar surface area (TPSA) is 67.6 Å². The molecule has 2 aromatic carbocycles. The highest BCUT2D eigenvalue weighted by Gasteiger charge is 2.42. The van der Waals surface area contributed by atoms with E-state index in [0.717, 1.165) is 48.2 Å². The van der Waals surface area contributed by atoms with Gasteiger partial charge >= 0.3 is 5.97 Å². The molecule has 7 heteroatoms. The van der Waals surface area contributed by atoms with Crippen molar-refractivity contribution < 1.29 is 9.90 Å². The Kier molecular flexibility index (Phi) is 9.17. The van der Waals surface area contributed by atoms with Gasteiger partial charge in [0, 0.05) is 7.14 Å². The zero-order chi connectivity index (χ0) is 24.1. The van der Waals surface area contributed by atoms with E-state index >= 15 is 0 Å². The number of rotatable bonds is 3. The van der Waals surface area contributed by atoms with E-state index in [-0.39, 0.29) is 5.41 Å². The molecule has 5 nitrogen and oxygen atoms in total. The van der Waals surface area contributed by atoms with Crippen molar-refractivity contribution in [3.8, 4) is 6.07 Å². The SMILES string of the molecule is CN1CCC(C#N)(c2ccc(I)cc2)CC1.CN1CCC(C(=O)O)(c2ccc(I)cc2)CC1. The van der Waals surface area contributed by atoms with Crippen LogP contribution in [0.5, 0.6) is 0 Å². The smallest absolute Gasteiger partial charge is 0.314 e. The second-order valence-corrected chi connectivity index (χ2v) is 11.7. The minimum atomic E-state index is -0.688. The lowest BCUT2D eigenvalue weighted by Crippen LogP contribution is -2.46. The van der Waals surface area contributed by atoms with Crippen molar-refractivity contribution in [3.63, 3.8) is 0 Å². The zero-order valence-corrected chi connectivity index (χ0v) is 23.5. The van der Waals surface area contributed by atoms with Crippen molar-refractivity contribution in [1.29, 1.82) is 5.26 Å². The number of likely N-dealkylation sites (tertiary alicyclic amines) is 2. The standard InChI is InChI=1S/C13H15IN2.C13H16INO2/c1-16-8-6-13(10-15,7-9-16)11-2-4-12(14)5-3-11;1-15-8-6-13(7-9-15,12(16)17)10-2-4-11(14)5-3-10/h2-5H,6-9H2,1H3;2-5H,6-9H2,1H3,(H,16,17). The van der Waals surface area contributed by atoms with Crippen LogP contribution in [0.15, 0.2) is 48.5 Å². The van der Waals surface area contributed by atoms with Crippen LogP contribution in [0.25, 0.3) is 0 Å². The summed E-state index contributed by atoms with van der Waals surface area (Å²) in [6.45, 7) is 3.72. The number of nitriles is 1. The number of benzene rings is 2. The minimum absolute atomic E-state index is 0.253. The Hall–Kier alpha value is -1.22. The van der Waals surface area contributed by atoms with Gasteiger partial charge in [0.05, 0.1) is 16.9 Å². The second-order valence-electron chi connectivity index (χ2n) is 9.20. The number of hydrogen-bond acceptors (Lipinski definition) is 4. The van der Waals surface area contributed by atoms with Crippen molar-refractivity contribution in [2.75, 3.05) is 40.3 Å². The van der Waals surface area contributed by atoms with Crippen LogP contribution in [0.2, 0.25) is 0 Å². The number of halogens is 2. The molecule has 2 heterocycles. The molecule has 2 saturated heterocycles. The molecule has 0 atom stereocenters. The molecule has 0 unspecified atom stereocenters. The summed E-state index contributed by atoms with van der Waals surface area (Å²) in [4.78, 5) is 16.1. The Morgan fingerprint density at radius 3 is 1.61 bits per heavy atom. The zero-order valence-electron chi connectivity index (χ0n) is 19.2. The summed E-state index contributed by atoms with van der Waals surface area (Å²) in [5, 5.41) is 19.1. The van der Waals surface area contributed by atoms with E-state index < -0.39 is 11.4 Å². The molecule has 2 aromatic rings. The van der Waals surface area contributed by atoms with E-state index in [9.17, 15) is 15.2 Å². The van der Waals surface area contributed by atoms with E-state index in [1.807, 2.05) is 31.3 Å². The summed E-state index contributed by atoms with van der Waals surface area (Å²) in [6.07, 6.45) is 3.28. The van der Waals surface area contributed by atoms with Crippen molar-refractivity contribution >= 4 is 51.2 Å². The van der Waals surface area contributed by atoms with Crippen LogP contribution in [0.1, 0.15) is 36.8 Å². The molecule has 0 aliphatic carbocycles. The van der Waals surface area contributed by atoms with Crippen molar-refractivity contribution in [3.05, 3.63) is 66.8 Å². The summed E-state index contributed by atoms with van der Waals surface area (Å²) in [6, 6.07) is 18.8. The monoisotopic (exact) mass is 671 g/mol. The van der Waals surface area contributed by atoms with Gasteiger partial charge in [0.2, 0.25) is 0 Å². The molecular weight excluding hydrogens is 640 g/mol. The van der Waals surface area contributed by atoms with Gasteiger partial charge in [-0.25, -0.2) is 0 Å². The van der Waals surface area contributed by atoms with E-state index in [1.165, 1.54) is 9.13 Å². The quantitative estimate of drug-likeness (QED) is 0.460. The predicted octanol–water partition coefficient (Wildman–Crippen LogP) is 5.12. The van der Waals surface area contributed by atoms with E-state index in [4.69, 9.17) is 0 Å². The third-order valence-corrected chi connectivity index (χ3v) is 8.54. The molecule has 0 aromatic heterocycles. The van der Waals surface area contributed by atoms with Gasteiger partial charge in [-0.15, -0.1) is 0 Å². The number of aliphatic carboxylic acids is 1. The number of nitrogens with zero attached hydrogens (tertiary/aromatic N) is 3. The number of carboxylic acid groups (broad SMARTS) is 1. The molecule has 33 heavy (non-hydrogen) atoms. The molecular formula is C26H31I2N3O2. The van der Waals surface area contributed by atoms with Gasteiger partial charge in [-0.3, -0.25) is 4.79 Å². The first kappa shape index (κ1) is 26.4. The molecule has 1 N–H and O–H groups in total. The summed E-state index contributed by atoms with van der Waals surface area (Å²) in [5.74, 6) is -0.688. The molecule has 0 radical (unpaired) electrons. The van der Waals surface area contributed by atoms with Gasteiger partial charge in [0.15, 0.2) is 0 Å². The molecule has 0 spiro atoms. The second kappa shape index (κ2) is 11.5. The number of hydrogen-bond donors (Lipinski definition) is 1. The lowest BCUT2D eigenvalue weighted by atomic mass is 9.73. The van der Waals surface area contributed by atoms with E-state index in [0.29, 0.717) is 12.8 Å². The molecule has 0 saturated carbocycles. The largest absolute Gasteiger partial charge is 0.481 e. The molecule has 2 aliphatic heterocycles. The first-order valence-corrected chi connectivity index (χ1v) is 13.4. The number of carbonyl (C=O) groups is 1. The predicted molar refractivity (Wildman–Crippen MR) is 148 cm³/mol. The van der Waals surface area contributed by atoms with Crippen LogP contribution in [0.3, 0.4) is 0 Å². The van der Waals surface area contributed by atoms with Crippen LogP contribution in [0.4, 0.5) is 0 Å². The Morgan fingerprint density at radius 2 is 1.21 bits per heavy atom. The van der Waals surface area contributed by atoms with Crippen LogP contribution in [-0.2, 0) is 15.6 Å². The fourth-order valence-electron chi connectivity index (χ4n) is 4.63. The molecule has 0 amide bonds. The van der Waals surface area contributed by atoms with Gasteiger partial charge in [0.1, 0.15) is 0 Å². The molecule has 2 fully saturated rings. The number of piperidine rings is 2. The highest BCUT2D eigenvalue weighted by molar-refractivity contribution is 14.1. The normalized spacial score (nSPS) is 20.2. The van der Waals surface area contributed by atoms with Gasteiger partial charge in [-0.2, -0.15) is 5.26 Å². The first-order valence-electron chi connectivity index (χ1n) is 11.2. The fraction of sp³-hybridized carbons (Fsp3) is 0.462. The third-order valence-electron chi connectivity index (χ3n) is 7.10. The van der Waals surface area contributed by atoms with Gasteiger partial charge in [0.25, 0.3) is 0 Å². The van der Waals surface area contributed by atoms with Crippen molar-refractivity contribution in [2.45, 2.75) is 36.5 Å². The maximum Gasteiger partial charge on any atom is 0.314 e. The highest BCUT2D eigenvalue weighted by Crippen LogP contribution is 2.36. The summed E-state index contributed by atoms with van der Waals surface area (Å²) in [5.41, 5.74) is 1.19. The van der Waals surface area contributed by atoms with Crippen LogP contribution >= 0.6 is 45.2 Å². The minimum Gasteiger partial charge on any atom is -0.481 e. The average Bonchev–Trinajstić information content (AvgIpc) is 2.82. The van der Waals surface area contributed by atoms with Crippen molar-refractivity contribution in [2.24, 2.45) is 0 Å². The summed E-state index contributed by atoms with van der Waals surface area (Å²) < 4.78 is 2.36. The highest BCUT2D eigenvalue weighted by atomic mass is 127.